The first-order valence-electron chi connectivity index (χ1n) is 6.28. The summed E-state index contributed by atoms with van der Waals surface area (Å²) >= 11 is 0. The van der Waals surface area contributed by atoms with Crippen molar-refractivity contribution in [2.45, 2.75) is 26.3 Å². The Morgan fingerprint density at radius 3 is 2.75 bits per heavy atom. The fourth-order valence-corrected chi connectivity index (χ4v) is 3.93. The Bertz CT molecular complexity index is 609. The minimum absolute atomic E-state index is 0.0191. The van der Waals surface area contributed by atoms with Gasteiger partial charge < -0.3 is 10.0 Å². The third kappa shape index (κ3) is 3.44. The summed E-state index contributed by atoms with van der Waals surface area (Å²) in [6.07, 6.45) is -0.221. The largest absolute Gasteiger partial charge is 0.481 e. The number of carbonyl (C=O) groups is 1. The third-order valence-corrected chi connectivity index (χ3v) is 4.88. The molecule has 1 N–H and O–H groups in total. The van der Waals surface area contributed by atoms with Crippen LogP contribution in [0.15, 0.2) is 6.07 Å². The number of aromatic nitrogens is 2. The molecule has 0 aliphatic carbocycles. The number of aliphatic carboxylic acids is 1. The molecule has 1 aromatic heterocycles. The Hall–Kier alpha value is -1.70. The predicted octanol–water partition coefficient (Wildman–Crippen LogP) is 0.172. The van der Waals surface area contributed by atoms with Gasteiger partial charge in [-0.3, -0.25) is 4.79 Å². The van der Waals surface area contributed by atoms with Crippen LogP contribution in [0.3, 0.4) is 0 Å². The second-order valence-corrected chi connectivity index (χ2v) is 7.20. The molecule has 1 aromatic rings. The zero-order valence-electron chi connectivity index (χ0n) is 11.4. The minimum atomic E-state index is -3.19. The van der Waals surface area contributed by atoms with E-state index in [2.05, 4.69) is 9.97 Å². The highest BCUT2D eigenvalue weighted by atomic mass is 32.2. The molecule has 2 rings (SSSR count). The number of carboxylic acids is 1. The van der Waals surface area contributed by atoms with Gasteiger partial charge in [0.1, 0.15) is 11.6 Å². The van der Waals surface area contributed by atoms with Gasteiger partial charge in [-0.1, -0.05) is 0 Å². The van der Waals surface area contributed by atoms with Crippen LogP contribution in [0.1, 0.15) is 17.9 Å². The number of hydrogen-bond acceptors (Lipinski definition) is 6. The van der Waals surface area contributed by atoms with Gasteiger partial charge in [-0.05, 0) is 13.8 Å². The molecule has 1 aliphatic rings. The van der Waals surface area contributed by atoms with Gasteiger partial charge in [0.15, 0.2) is 9.84 Å². The van der Waals surface area contributed by atoms with Crippen molar-refractivity contribution in [1.82, 2.24) is 9.97 Å². The summed E-state index contributed by atoms with van der Waals surface area (Å²) in [4.78, 5) is 21.2. The number of nitrogens with zero attached hydrogens (tertiary/aromatic N) is 3. The number of sulfone groups is 1. The molecule has 1 fully saturated rings. The molecule has 7 nitrogen and oxygen atoms in total. The third-order valence-electron chi connectivity index (χ3n) is 3.19. The lowest BCUT2D eigenvalue weighted by Crippen LogP contribution is -2.50. The van der Waals surface area contributed by atoms with Crippen LogP contribution in [0.5, 0.6) is 0 Å². The van der Waals surface area contributed by atoms with E-state index in [1.165, 1.54) is 0 Å². The van der Waals surface area contributed by atoms with E-state index < -0.39 is 21.8 Å². The number of hydrogen-bond donors (Lipinski definition) is 1. The lowest BCUT2D eigenvalue weighted by molar-refractivity contribution is -0.137. The molecule has 1 atom stereocenters. The Morgan fingerprint density at radius 2 is 2.15 bits per heavy atom. The van der Waals surface area contributed by atoms with Crippen molar-refractivity contribution < 1.29 is 18.3 Å². The van der Waals surface area contributed by atoms with E-state index in [1.54, 1.807) is 17.9 Å². The summed E-state index contributed by atoms with van der Waals surface area (Å²) in [6.45, 7) is 3.84. The van der Waals surface area contributed by atoms with Crippen molar-refractivity contribution in [3.05, 3.63) is 17.6 Å². The first kappa shape index (κ1) is 14.7. The lowest BCUT2D eigenvalue weighted by Gasteiger charge is -2.35. The fourth-order valence-electron chi connectivity index (χ4n) is 2.40. The van der Waals surface area contributed by atoms with E-state index in [1.807, 2.05) is 6.92 Å². The van der Waals surface area contributed by atoms with Crippen LogP contribution < -0.4 is 4.90 Å². The molecular weight excluding hydrogens is 282 g/mol. The molecule has 2 heterocycles. The lowest BCUT2D eigenvalue weighted by atomic mass is 10.2. The van der Waals surface area contributed by atoms with Crippen molar-refractivity contribution in [1.29, 1.82) is 0 Å². The SMILES string of the molecule is Cc1cc(N2CCS(=O)(=O)CC2CC(=O)O)nc(C)n1. The molecule has 110 valence electrons. The van der Waals surface area contributed by atoms with Crippen LogP contribution in [-0.2, 0) is 14.6 Å². The van der Waals surface area contributed by atoms with Crippen molar-refractivity contribution in [2.24, 2.45) is 0 Å². The number of rotatable bonds is 3. The van der Waals surface area contributed by atoms with Gasteiger partial charge in [-0.15, -0.1) is 0 Å². The van der Waals surface area contributed by atoms with Crippen LogP contribution in [0, 0.1) is 13.8 Å². The first-order chi connectivity index (χ1) is 9.27. The summed E-state index contributed by atoms with van der Waals surface area (Å²) < 4.78 is 23.4. The Balaban J connectivity index is 2.34. The molecule has 0 amide bonds. The molecule has 20 heavy (non-hydrogen) atoms. The molecule has 0 bridgehead atoms. The quantitative estimate of drug-likeness (QED) is 0.849. The highest BCUT2D eigenvalue weighted by molar-refractivity contribution is 7.91. The van der Waals surface area contributed by atoms with Crippen LogP contribution in [-0.4, -0.2) is 53.6 Å². The van der Waals surface area contributed by atoms with E-state index >= 15 is 0 Å². The summed E-state index contributed by atoms with van der Waals surface area (Å²) in [5.74, 6) is 0.0327. The topological polar surface area (TPSA) is 100 Å². The van der Waals surface area contributed by atoms with E-state index in [0.29, 0.717) is 11.6 Å². The van der Waals surface area contributed by atoms with Gasteiger partial charge >= 0.3 is 5.97 Å². The van der Waals surface area contributed by atoms with Gasteiger partial charge in [-0.25, -0.2) is 18.4 Å². The van der Waals surface area contributed by atoms with E-state index in [4.69, 9.17) is 5.11 Å². The molecule has 0 aromatic carbocycles. The Morgan fingerprint density at radius 1 is 1.45 bits per heavy atom. The molecule has 0 radical (unpaired) electrons. The van der Waals surface area contributed by atoms with E-state index in [9.17, 15) is 13.2 Å². The molecule has 1 aliphatic heterocycles. The highest BCUT2D eigenvalue weighted by Gasteiger charge is 2.33. The van der Waals surface area contributed by atoms with Gasteiger partial charge in [-0.2, -0.15) is 0 Å². The van der Waals surface area contributed by atoms with Crippen molar-refractivity contribution >= 4 is 21.6 Å². The normalized spacial score (nSPS) is 21.7. The maximum Gasteiger partial charge on any atom is 0.305 e. The number of aryl methyl sites for hydroxylation is 2. The zero-order valence-corrected chi connectivity index (χ0v) is 12.2. The Kier molecular flexibility index (Phi) is 3.94. The molecule has 1 saturated heterocycles. The van der Waals surface area contributed by atoms with Gasteiger partial charge in [0.25, 0.3) is 0 Å². The first-order valence-corrected chi connectivity index (χ1v) is 8.10. The summed E-state index contributed by atoms with van der Waals surface area (Å²) in [7, 11) is -3.19. The van der Waals surface area contributed by atoms with Crippen molar-refractivity contribution in [2.75, 3.05) is 23.0 Å². The summed E-state index contributed by atoms with van der Waals surface area (Å²) in [6, 6.07) is 1.17. The van der Waals surface area contributed by atoms with Crippen molar-refractivity contribution in [3.8, 4) is 0 Å². The van der Waals surface area contributed by atoms with Gasteiger partial charge in [0, 0.05) is 18.3 Å². The number of carboxylic acid groups (broad SMARTS) is 1. The minimum Gasteiger partial charge on any atom is -0.481 e. The molecule has 0 saturated carbocycles. The van der Waals surface area contributed by atoms with Crippen LogP contribution in [0.25, 0.3) is 0 Å². The van der Waals surface area contributed by atoms with Crippen molar-refractivity contribution in [3.63, 3.8) is 0 Å². The van der Waals surface area contributed by atoms with E-state index in [-0.39, 0.29) is 24.5 Å². The van der Waals surface area contributed by atoms with Gasteiger partial charge in [0.2, 0.25) is 0 Å². The average Bonchev–Trinajstić information content (AvgIpc) is 2.25. The monoisotopic (exact) mass is 299 g/mol. The highest BCUT2D eigenvalue weighted by Crippen LogP contribution is 2.22. The maximum atomic E-state index is 11.7. The summed E-state index contributed by atoms with van der Waals surface area (Å²) in [5, 5.41) is 8.96. The maximum absolute atomic E-state index is 11.7. The zero-order chi connectivity index (χ0) is 14.9. The second-order valence-electron chi connectivity index (χ2n) is 4.97. The molecule has 0 spiro atoms. The van der Waals surface area contributed by atoms with E-state index in [0.717, 1.165) is 5.69 Å². The summed E-state index contributed by atoms with van der Waals surface area (Å²) in [5.41, 5.74) is 0.773. The Labute approximate surface area is 117 Å². The van der Waals surface area contributed by atoms with Gasteiger partial charge in [0.05, 0.1) is 24.0 Å². The molecular formula is C12H17N3O4S. The standard InChI is InChI=1S/C12H17N3O4S/c1-8-5-11(14-9(2)13-8)15-3-4-20(18,19)7-10(15)6-12(16)17/h5,10H,3-4,6-7H2,1-2H3,(H,16,17). The smallest absolute Gasteiger partial charge is 0.305 e. The fraction of sp³-hybridized carbons (Fsp3) is 0.583. The molecule has 1 unspecified atom stereocenters. The predicted molar refractivity (Wildman–Crippen MR) is 73.5 cm³/mol. The average molecular weight is 299 g/mol. The van der Waals surface area contributed by atoms with Crippen LogP contribution >= 0.6 is 0 Å². The second kappa shape index (κ2) is 5.35. The van der Waals surface area contributed by atoms with Crippen LogP contribution in [0.2, 0.25) is 0 Å². The molecule has 8 heteroatoms. The number of anilines is 1. The van der Waals surface area contributed by atoms with Crippen LogP contribution in [0.4, 0.5) is 5.82 Å².